The number of benzene rings is 9. The number of ether oxygens (including phenoxy) is 4. The minimum atomic E-state index is -1.08. The number of fused-ring (bicyclic) bond motifs is 4. The van der Waals surface area contributed by atoms with Crippen LogP contribution in [0.2, 0.25) is 20.1 Å². The van der Waals surface area contributed by atoms with Crippen LogP contribution in [0.3, 0.4) is 0 Å². The number of aliphatic carboxylic acids is 1. The number of hydrogen-bond acceptors (Lipinski definition) is 15. The number of esters is 4. The number of halogens is 6. The van der Waals surface area contributed by atoms with Crippen LogP contribution in [0, 0.1) is 50.2 Å². The monoisotopic (exact) mass is 2150 g/mol. The number of ketones is 2. The van der Waals surface area contributed by atoms with Gasteiger partial charge in [0.25, 0.3) is 0 Å². The summed E-state index contributed by atoms with van der Waals surface area (Å²) < 4.78 is 30.2. The van der Waals surface area contributed by atoms with Crippen molar-refractivity contribution in [2.45, 2.75) is 256 Å². The molecule has 9 aromatic carbocycles. The van der Waals surface area contributed by atoms with Crippen molar-refractivity contribution in [3.05, 3.63) is 300 Å². The molecule has 0 fully saturated rings. The molecule has 0 radical (unpaired) electrons. The summed E-state index contributed by atoms with van der Waals surface area (Å²) in [6.45, 7) is 49.5. The minimum absolute atomic E-state index is 0. The van der Waals surface area contributed by atoms with Gasteiger partial charge in [0.15, 0.2) is 11.6 Å². The first-order valence-corrected chi connectivity index (χ1v) is 51.3. The molecular weight excluding hydrogens is 2010 g/mol. The number of phenolic OH excluding ortho intramolecular Hbond substituents is 2. The Bertz CT molecular complexity index is 6430. The maximum absolute atomic E-state index is 14.1. The zero-order valence-electron chi connectivity index (χ0n) is 88.8. The fraction of sp³-hybridized carbons (Fsp3) is 0.412. The third-order valence-electron chi connectivity index (χ3n) is 23.5. The van der Waals surface area contributed by atoms with Gasteiger partial charge in [0, 0.05) is 174 Å². The predicted octanol–water partition coefficient (Wildman–Crippen LogP) is 28.0. The first-order valence-electron chi connectivity index (χ1n) is 48.3. The molecule has 0 saturated carbocycles. The number of carbonyl (C=O) groups excluding carboxylic acids is 7. The number of rotatable bonds is 31. The van der Waals surface area contributed by atoms with Crippen molar-refractivity contribution < 1.29 is 97.0 Å². The molecule has 0 aliphatic carbocycles. The van der Waals surface area contributed by atoms with Gasteiger partial charge in [-0.25, -0.2) is 0 Å². The van der Waals surface area contributed by atoms with E-state index >= 15 is 0 Å². The summed E-state index contributed by atoms with van der Waals surface area (Å²) in [7, 11) is 0. The van der Waals surface area contributed by atoms with E-state index in [-0.39, 0.29) is 125 Å². The molecule has 13 rings (SSSR count). The van der Waals surface area contributed by atoms with Crippen molar-refractivity contribution in [3.63, 3.8) is 0 Å². The zero-order chi connectivity index (χ0) is 106. The van der Waals surface area contributed by atoms with E-state index in [1.807, 2.05) is 264 Å². The van der Waals surface area contributed by atoms with Gasteiger partial charge in [-0.1, -0.05) is 243 Å². The summed E-state index contributed by atoms with van der Waals surface area (Å²) in [4.78, 5) is 100. The number of phenols is 2. The molecule has 0 spiro atoms. The molecule has 0 atom stereocenters. The molecule has 0 aliphatic rings. The molecule has 27 heteroatoms. The predicted molar refractivity (Wildman–Crippen MR) is 595 cm³/mol. The molecule has 13 aromatic rings. The van der Waals surface area contributed by atoms with Crippen LogP contribution < -0.4 is 23.6 Å². The average Bonchev–Trinajstić information content (AvgIpc) is 1.59. The Morgan fingerprint density at radius 1 is 0.363 bits per heavy atom. The van der Waals surface area contributed by atoms with Crippen LogP contribution in [-0.2, 0) is 100 Å². The maximum Gasteiger partial charge on any atom is 1.00 e. The van der Waals surface area contributed by atoms with Crippen LogP contribution in [0.25, 0.3) is 43.6 Å². The molecule has 4 heterocycles. The molecule has 0 unspecified atom stereocenters. The number of carbonyl (C=O) groups is 8. The van der Waals surface area contributed by atoms with Gasteiger partial charge in [-0.3, -0.25) is 38.4 Å². The number of hydrogen-bond donors (Lipinski definition) is 3. The van der Waals surface area contributed by atoms with E-state index < -0.39 is 27.6 Å². The van der Waals surface area contributed by atoms with Crippen LogP contribution >= 0.6 is 73.9 Å². The fourth-order valence-electron chi connectivity index (χ4n) is 16.5. The SMILES string of the molecule is BrCc1ccccc1.C.CC(C)(C)CC(=O)Cl.CC(C)(C)CC(=O)c1c(CC(C)(C)C(=O)O)n(Cc2ccc(Cl)cc2)c2ccc(O)cc12.CCOC(=O)C(C)(C)Cc1c(C(=O)CC(C)(C)C)c2cc(OC(=O)CC(C)(C)C)ccc2n1Cc1ccc(Cl)cc1.CCOC(=O)C(C)(C)Cc1cc2cc(C)ccc2n1Cc1ccc(Cl)cc1.CCOC(=O)C(C)(C)Cc1cc2cc(O)ccc2n1Cc1ccc(Cl)cc1.[Li+].[OH-]. The summed E-state index contributed by atoms with van der Waals surface area (Å²) in [6.07, 6.45) is 2.96. The number of aryl methyl sites for hydroxylation is 1. The quantitative estimate of drug-likeness (QED) is 0.00692. The normalized spacial score (nSPS) is 11.7. The Labute approximate surface area is 908 Å². The molecule has 4 N–H and O–H groups in total. The van der Waals surface area contributed by atoms with E-state index in [0.717, 1.165) is 72.6 Å². The topological polar surface area (TPSA) is 284 Å². The van der Waals surface area contributed by atoms with E-state index in [1.165, 1.54) is 27.6 Å². The van der Waals surface area contributed by atoms with Crippen LogP contribution in [0.1, 0.15) is 269 Å². The van der Waals surface area contributed by atoms with Gasteiger partial charge in [0.05, 0.1) is 47.9 Å². The smallest absolute Gasteiger partial charge is 0.870 e. The van der Waals surface area contributed by atoms with E-state index in [0.29, 0.717) is 120 Å². The average molecular weight is 2150 g/mol. The minimum Gasteiger partial charge on any atom is -0.870 e. The standard InChI is InChI=1S/C34H44ClNO5.C26H30ClNO4.C23H26ClNO2.C22H24ClNO3.C7H7Br.C6H11ClO.CH4.Li.H2O/c1-10-40-31(39)34(8,9)18-27-30(28(37)19-32(2,3)4)25-17-24(41-29(38)20-33(5,6)7)15-16-26(25)36(27)21-22-11-13-23(35)14-12-22;1-25(2,3)14-22(30)23-19-12-18(29)10-11-20(19)28(15-16-6-8-17(27)9-7-16)21(23)13-26(4,5)24(31)32;1-5-27-22(26)23(3,4)14-20-13-18-12-16(2)6-11-21(18)25(20)15-17-7-9-19(24)10-8-17;1-4-27-21(26)22(2,3)13-18-11-16-12-19(25)9-10-20(16)24(18)14-15-5-7-17(23)8-6-15;8-6-7-4-2-1-3-5-7;1-6(2,3)4-5(7)8;;;/h11-17H,10,18-21H2,1-9H3;6-12,29H,13-15H2,1-5H3,(H,31,32);6-13H,5,14-15H2,1-4H3;5-12,25H,4,13-14H2,1-3H3;1-5H,6H2;4H2,1-3H3;1H4;;1H2/q;;;;;;;+1;/p-1. The second-order valence-corrected chi connectivity index (χ2v) is 46.6. The van der Waals surface area contributed by atoms with E-state index in [1.54, 1.807) is 75.4 Å². The van der Waals surface area contributed by atoms with Crippen molar-refractivity contribution >= 4 is 164 Å². The Balaban J connectivity index is 0.000000326. The van der Waals surface area contributed by atoms with Crippen molar-refractivity contribution in [2.24, 2.45) is 43.3 Å². The summed E-state index contributed by atoms with van der Waals surface area (Å²) in [5, 5.41) is 36.7. The van der Waals surface area contributed by atoms with Gasteiger partial charge in [-0.15, -0.1) is 0 Å². The van der Waals surface area contributed by atoms with E-state index in [2.05, 4.69) is 73.0 Å². The Hall–Kier alpha value is -10.4. The van der Waals surface area contributed by atoms with Crippen molar-refractivity contribution in [3.8, 4) is 17.2 Å². The summed E-state index contributed by atoms with van der Waals surface area (Å²) in [6, 6.07) is 67.4. The summed E-state index contributed by atoms with van der Waals surface area (Å²) in [5.41, 5.74) is 11.3. The molecule has 782 valence electrons. The Morgan fingerprint density at radius 2 is 0.685 bits per heavy atom. The third kappa shape index (κ3) is 38.0. The number of carboxylic acid groups (broad SMARTS) is 1. The first kappa shape index (κ1) is 126. The van der Waals surface area contributed by atoms with Crippen LogP contribution in [0.5, 0.6) is 17.2 Å². The van der Waals surface area contributed by atoms with Crippen molar-refractivity contribution in [1.29, 1.82) is 0 Å². The number of aromatic nitrogens is 4. The number of carboxylic acids is 1. The van der Waals surface area contributed by atoms with Gasteiger partial charge in [0.1, 0.15) is 17.2 Å². The van der Waals surface area contributed by atoms with Gasteiger partial charge < -0.3 is 58.0 Å². The Morgan fingerprint density at radius 3 is 1.02 bits per heavy atom. The molecule has 4 aromatic heterocycles. The molecule has 146 heavy (non-hydrogen) atoms. The van der Waals surface area contributed by atoms with Gasteiger partial charge >= 0.3 is 48.7 Å². The van der Waals surface area contributed by atoms with Gasteiger partial charge in [-0.05, 0) is 272 Å². The second kappa shape index (κ2) is 54.7. The number of aromatic hydroxyl groups is 2. The number of Topliss-reactive ketones (excluding diaryl/α,β-unsaturated/α-hetero) is 2. The van der Waals surface area contributed by atoms with Crippen LogP contribution in [0.4, 0.5) is 0 Å². The summed E-state index contributed by atoms with van der Waals surface area (Å²) >= 11 is 32.7. The van der Waals surface area contributed by atoms with E-state index in [4.69, 9.17) is 77.0 Å². The third-order valence-corrected chi connectivity index (χ3v) is 25.3. The van der Waals surface area contributed by atoms with Crippen LogP contribution in [0.15, 0.2) is 212 Å². The molecule has 0 bridgehead atoms. The fourth-order valence-corrected chi connectivity index (χ4v) is 17.7. The molecule has 0 amide bonds. The van der Waals surface area contributed by atoms with Gasteiger partial charge in [0.2, 0.25) is 5.24 Å². The molecule has 0 aliphatic heterocycles. The first-order chi connectivity index (χ1) is 66.6. The van der Waals surface area contributed by atoms with Gasteiger partial charge in [-0.2, -0.15) is 0 Å². The molecule has 0 saturated heterocycles. The van der Waals surface area contributed by atoms with E-state index in [9.17, 15) is 53.7 Å². The zero-order valence-corrected chi connectivity index (χ0v) is 94.1. The van der Waals surface area contributed by atoms with Crippen LogP contribution in [-0.4, -0.2) is 106 Å². The Kier molecular flexibility index (Phi) is 47.2. The van der Waals surface area contributed by atoms with Crippen molar-refractivity contribution in [1.82, 2.24) is 18.3 Å². The second-order valence-electron chi connectivity index (χ2n) is 43.9. The number of nitrogens with zero attached hydrogens (tertiary/aromatic N) is 4. The molecule has 20 nitrogen and oxygen atoms in total. The summed E-state index contributed by atoms with van der Waals surface area (Å²) in [5.74, 6) is -1.37. The molecular formula is C119H147BrCl5LiN4O16. The maximum atomic E-state index is 14.1. The largest absolute Gasteiger partial charge is 1.00 e. The van der Waals surface area contributed by atoms with Crippen molar-refractivity contribution in [2.75, 3.05) is 19.8 Å². The number of alkyl halides is 1.